The molecule has 13 nitrogen and oxygen atoms in total. The average Bonchev–Trinajstić information content (AvgIpc) is 3.74. The molecular weight excluding hydrogens is 738 g/mol. The van der Waals surface area contributed by atoms with E-state index < -0.39 is 17.6 Å². The van der Waals surface area contributed by atoms with Crippen molar-refractivity contribution >= 4 is 40.3 Å². The Morgan fingerprint density at radius 3 is 2.40 bits per heavy atom. The number of carbonyl (C=O) groups excluding carboxylic acids is 3. The highest BCUT2D eigenvalue weighted by Gasteiger charge is 2.42. The van der Waals surface area contributed by atoms with Gasteiger partial charge >= 0.3 is 0 Å². The first-order chi connectivity index (χ1) is 27.9. The number of hydrogen-bond donors (Lipinski definition) is 2. The number of fused-ring (bicyclic) bond motifs is 4. The number of carbonyl (C=O) groups is 3. The maximum Gasteiger partial charge on any atom is 0.258 e. The highest BCUT2D eigenvalue weighted by atomic mass is 19.1. The topological polar surface area (TPSA) is 130 Å². The minimum atomic E-state index is -1.35. The van der Waals surface area contributed by atoms with Crippen LogP contribution in [-0.2, 0) is 22.6 Å². The quantitative estimate of drug-likeness (QED) is 0.227. The Morgan fingerprint density at radius 2 is 1.69 bits per heavy atom. The molecule has 5 aliphatic heterocycles. The summed E-state index contributed by atoms with van der Waals surface area (Å²) in [5.41, 5.74) is 5.53. The summed E-state index contributed by atoms with van der Waals surface area (Å²) in [5.74, 6) is 0.929. The van der Waals surface area contributed by atoms with Crippen molar-refractivity contribution in [3.63, 3.8) is 0 Å². The van der Waals surface area contributed by atoms with E-state index in [-0.39, 0.29) is 30.3 Å². The molecule has 2 N–H and O–H groups in total. The average molecular weight is 792 g/mol. The smallest absolute Gasteiger partial charge is 0.258 e. The minimum Gasteiger partial charge on any atom is -0.496 e. The van der Waals surface area contributed by atoms with E-state index in [0.29, 0.717) is 36.7 Å². The maximum absolute atomic E-state index is 15.2. The van der Waals surface area contributed by atoms with E-state index in [0.717, 1.165) is 99.0 Å². The number of alkyl halides is 1. The van der Waals surface area contributed by atoms with Crippen LogP contribution in [0, 0.1) is 5.92 Å². The van der Waals surface area contributed by atoms with Crippen molar-refractivity contribution in [1.82, 2.24) is 35.0 Å². The van der Waals surface area contributed by atoms with Crippen LogP contribution in [-0.4, -0.2) is 125 Å². The first-order valence-corrected chi connectivity index (χ1v) is 20.9. The molecule has 3 atom stereocenters. The maximum atomic E-state index is 15.2. The Hall–Kier alpha value is -5.08. The molecule has 0 aliphatic carbocycles. The van der Waals surface area contributed by atoms with Crippen LogP contribution >= 0.6 is 0 Å². The number of hydrogen-bond acceptors (Lipinski definition) is 10. The highest BCUT2D eigenvalue weighted by molar-refractivity contribution is 6.06. The Bertz CT molecular complexity index is 2200. The van der Waals surface area contributed by atoms with Gasteiger partial charge in [0.05, 0.1) is 18.7 Å². The molecule has 4 aromatic rings. The molecular formula is C44H54FN9O4. The number of amides is 3. The highest BCUT2D eigenvalue weighted by Crippen LogP contribution is 2.42. The molecule has 3 fully saturated rings. The van der Waals surface area contributed by atoms with Crippen LogP contribution in [0.5, 0.6) is 5.75 Å². The Morgan fingerprint density at radius 1 is 0.948 bits per heavy atom. The van der Waals surface area contributed by atoms with Gasteiger partial charge in [-0.3, -0.25) is 29.5 Å². The molecule has 58 heavy (non-hydrogen) atoms. The third kappa shape index (κ3) is 7.29. The fraction of sp³-hybridized carbons (Fsp3) is 0.523. The number of para-hydroxylation sites is 1. The van der Waals surface area contributed by atoms with Crippen LogP contribution in [0.1, 0.15) is 85.2 Å². The molecule has 0 bridgehead atoms. The second kappa shape index (κ2) is 15.3. The second-order valence-corrected chi connectivity index (χ2v) is 17.5. The van der Waals surface area contributed by atoms with Crippen LogP contribution in [0.3, 0.4) is 0 Å². The Labute approximate surface area is 338 Å². The van der Waals surface area contributed by atoms with E-state index in [4.69, 9.17) is 14.7 Å². The van der Waals surface area contributed by atoms with E-state index in [9.17, 15) is 14.4 Å². The molecule has 9 rings (SSSR count). The lowest BCUT2D eigenvalue weighted by Gasteiger charge is -2.42. The SMILES string of the molecule is COc1cc(N2CCN(CC3CCN(c4ncc([C@@H]5c6[nH]c7ccccc7c6C[C@@H](C)N5CC(C)(C)F)cn4)CC3)CC2)cc2c1C(=O)N(C1CCC(=O)NC1=O)C2. The van der Waals surface area contributed by atoms with Gasteiger partial charge in [0.2, 0.25) is 17.8 Å². The van der Waals surface area contributed by atoms with Crippen LogP contribution in [0.15, 0.2) is 48.8 Å². The van der Waals surface area contributed by atoms with Gasteiger partial charge in [0.25, 0.3) is 5.91 Å². The molecule has 306 valence electrons. The number of H-pyrrole nitrogens is 1. The largest absolute Gasteiger partial charge is 0.496 e. The van der Waals surface area contributed by atoms with Gasteiger partial charge < -0.3 is 24.4 Å². The summed E-state index contributed by atoms with van der Waals surface area (Å²) in [4.78, 5) is 62.3. The zero-order valence-electron chi connectivity index (χ0n) is 34.0. The molecule has 3 amide bonds. The monoisotopic (exact) mass is 791 g/mol. The molecule has 7 heterocycles. The molecule has 14 heteroatoms. The van der Waals surface area contributed by atoms with Gasteiger partial charge in [0.1, 0.15) is 17.5 Å². The predicted molar refractivity (Wildman–Crippen MR) is 220 cm³/mol. The van der Waals surface area contributed by atoms with Crippen LogP contribution in [0.4, 0.5) is 16.0 Å². The number of aromatic amines is 1. The Kier molecular flexibility index (Phi) is 10.1. The van der Waals surface area contributed by atoms with Crippen LogP contribution < -0.4 is 19.9 Å². The zero-order valence-corrected chi connectivity index (χ0v) is 34.0. The number of nitrogens with one attached hydrogen (secondary N) is 2. The van der Waals surface area contributed by atoms with E-state index in [2.05, 4.69) is 67.2 Å². The molecule has 5 aliphatic rings. The molecule has 2 aromatic heterocycles. The lowest BCUT2D eigenvalue weighted by Crippen LogP contribution is -2.52. The number of rotatable bonds is 9. The van der Waals surface area contributed by atoms with Crippen molar-refractivity contribution in [2.24, 2.45) is 5.92 Å². The molecule has 2 aromatic carbocycles. The number of imide groups is 1. The van der Waals surface area contributed by atoms with E-state index in [1.54, 1.807) is 25.9 Å². The summed E-state index contributed by atoms with van der Waals surface area (Å²) in [5, 5.41) is 3.61. The van der Waals surface area contributed by atoms with Gasteiger partial charge in [0, 0.05) is 118 Å². The summed E-state index contributed by atoms with van der Waals surface area (Å²) in [7, 11) is 1.58. The fourth-order valence-electron chi connectivity index (χ4n) is 10.0. The summed E-state index contributed by atoms with van der Waals surface area (Å²) in [6, 6.07) is 11.8. The van der Waals surface area contributed by atoms with Crippen molar-refractivity contribution in [3.8, 4) is 5.75 Å². The number of anilines is 2. The van der Waals surface area contributed by atoms with Gasteiger partial charge in [-0.2, -0.15) is 0 Å². The fourth-order valence-corrected chi connectivity index (χ4v) is 10.0. The number of methoxy groups -OCH3 is 1. The van der Waals surface area contributed by atoms with Crippen LogP contribution in [0.2, 0.25) is 0 Å². The van der Waals surface area contributed by atoms with Gasteiger partial charge in [-0.05, 0) is 75.6 Å². The summed E-state index contributed by atoms with van der Waals surface area (Å²) in [6.07, 6.45) is 7.46. The van der Waals surface area contributed by atoms with Crippen molar-refractivity contribution in [2.45, 2.75) is 83.2 Å². The second-order valence-electron chi connectivity index (χ2n) is 17.5. The zero-order chi connectivity index (χ0) is 40.3. The number of ether oxygens (including phenoxy) is 1. The summed E-state index contributed by atoms with van der Waals surface area (Å²) < 4.78 is 20.9. The first kappa shape index (κ1) is 38.4. The number of piperidine rings is 2. The van der Waals surface area contributed by atoms with Crippen molar-refractivity contribution in [3.05, 3.63) is 76.7 Å². The lowest BCUT2D eigenvalue weighted by molar-refractivity contribution is -0.136. The molecule has 0 radical (unpaired) electrons. The number of halogens is 1. The normalized spacial score (nSPS) is 23.7. The number of aromatic nitrogens is 3. The standard InChI is InChI=1S/C44H54FN9O4/c1-27-19-33-32-7-5-6-8-34(32)48-39(33)40(54(27)26-44(2,3)45)30-22-46-43(47-23-30)52-13-11-28(12-14-52)24-50-15-17-51(18-16-50)31-20-29-25-53(35-9-10-37(55)49-41(35)56)42(57)38(29)36(21-31)58-4/h5-8,20-23,27-28,35,40,48H,9-19,24-26H2,1-4H3,(H,49,55,56)/t27-,35?,40-/m1/s1. The van der Waals surface area contributed by atoms with E-state index in [1.807, 2.05) is 18.5 Å². The first-order valence-electron chi connectivity index (χ1n) is 20.9. The van der Waals surface area contributed by atoms with Crippen molar-refractivity contribution in [1.29, 1.82) is 0 Å². The molecule has 0 saturated carbocycles. The Balaban J connectivity index is 0.805. The third-order valence-electron chi connectivity index (χ3n) is 13.0. The van der Waals surface area contributed by atoms with E-state index in [1.165, 1.54) is 10.9 Å². The van der Waals surface area contributed by atoms with Crippen molar-refractivity contribution in [2.75, 3.05) is 69.3 Å². The number of piperazine rings is 1. The molecule has 3 saturated heterocycles. The lowest BCUT2D eigenvalue weighted by atomic mass is 9.88. The summed E-state index contributed by atoms with van der Waals surface area (Å²) >= 11 is 0. The van der Waals surface area contributed by atoms with Crippen LogP contribution in [0.25, 0.3) is 10.9 Å². The van der Waals surface area contributed by atoms with Crippen molar-refractivity contribution < 1.29 is 23.5 Å². The van der Waals surface area contributed by atoms with E-state index >= 15 is 4.39 Å². The third-order valence-corrected chi connectivity index (χ3v) is 13.0. The molecule has 1 unspecified atom stereocenters. The number of nitrogens with zero attached hydrogens (tertiary/aromatic N) is 7. The van der Waals surface area contributed by atoms with Gasteiger partial charge in [-0.15, -0.1) is 0 Å². The predicted octanol–water partition coefficient (Wildman–Crippen LogP) is 4.85. The van der Waals surface area contributed by atoms with Gasteiger partial charge in [0.15, 0.2) is 0 Å². The van der Waals surface area contributed by atoms with Gasteiger partial charge in [-0.1, -0.05) is 18.2 Å². The summed E-state index contributed by atoms with van der Waals surface area (Å²) in [6.45, 7) is 12.6. The molecule has 0 spiro atoms. The van der Waals surface area contributed by atoms with Gasteiger partial charge in [-0.25, -0.2) is 14.4 Å². The number of benzene rings is 2. The minimum absolute atomic E-state index is 0.155.